The van der Waals surface area contributed by atoms with Crippen LogP contribution in [0, 0.1) is 0 Å². The molecule has 1 aromatic rings. The second kappa shape index (κ2) is 10.2. The normalized spacial score (nSPS) is 16.0. The van der Waals surface area contributed by atoms with Crippen LogP contribution in [0.5, 0.6) is 11.5 Å². The van der Waals surface area contributed by atoms with E-state index >= 15 is 0 Å². The molecular weight excluding hydrogens is 347 g/mol. The van der Waals surface area contributed by atoms with E-state index in [9.17, 15) is 0 Å². The van der Waals surface area contributed by atoms with Gasteiger partial charge in [-0.25, -0.2) is 0 Å². The summed E-state index contributed by atoms with van der Waals surface area (Å²) in [6.07, 6.45) is 1.93. The maximum Gasteiger partial charge on any atom is 0.179 e. The summed E-state index contributed by atoms with van der Waals surface area (Å²) in [6.45, 7) is 7.87. The van der Waals surface area contributed by atoms with Crippen LogP contribution in [0.2, 0.25) is 5.02 Å². The summed E-state index contributed by atoms with van der Waals surface area (Å²) >= 11 is 6.49. The van der Waals surface area contributed by atoms with Crippen molar-refractivity contribution in [1.82, 2.24) is 10.2 Å². The highest BCUT2D eigenvalue weighted by atomic mass is 35.5. The highest BCUT2D eigenvalue weighted by molar-refractivity contribution is 6.33. The molecule has 0 aliphatic carbocycles. The van der Waals surface area contributed by atoms with Gasteiger partial charge in [0.1, 0.15) is 0 Å². The Bertz CT molecular complexity index is 480. The lowest BCUT2D eigenvalue weighted by atomic mass is 10.0. The van der Waals surface area contributed by atoms with Crippen molar-refractivity contribution >= 4 is 36.4 Å². The average molecular weight is 370 g/mol. The minimum Gasteiger partial charge on any atom is -0.493 e. The zero-order valence-corrected chi connectivity index (χ0v) is 15.2. The zero-order valence-electron chi connectivity index (χ0n) is 12.8. The predicted octanol–water partition coefficient (Wildman–Crippen LogP) is 3.33. The number of hydrogen-bond acceptors (Lipinski definition) is 4. The lowest BCUT2D eigenvalue weighted by Gasteiger charge is -2.34. The highest BCUT2D eigenvalue weighted by Crippen LogP contribution is 2.41. The molecular formula is C15H23Cl3N2O2. The molecule has 0 radical (unpaired) electrons. The molecule has 1 atom stereocenters. The van der Waals surface area contributed by atoms with E-state index in [4.69, 9.17) is 21.1 Å². The molecule has 0 saturated carbocycles. The van der Waals surface area contributed by atoms with Crippen LogP contribution in [0.15, 0.2) is 24.8 Å². The van der Waals surface area contributed by atoms with Gasteiger partial charge in [-0.2, -0.15) is 0 Å². The van der Waals surface area contributed by atoms with E-state index in [1.165, 1.54) is 0 Å². The Balaban J connectivity index is 0.00000220. The zero-order chi connectivity index (χ0) is 14.5. The third kappa shape index (κ3) is 4.43. The molecule has 7 heteroatoms. The van der Waals surface area contributed by atoms with Crippen LogP contribution in [-0.4, -0.2) is 45.3 Å². The van der Waals surface area contributed by atoms with Gasteiger partial charge in [-0.1, -0.05) is 23.7 Å². The molecule has 1 fully saturated rings. The monoisotopic (exact) mass is 368 g/mol. The summed E-state index contributed by atoms with van der Waals surface area (Å²) in [4.78, 5) is 2.36. The van der Waals surface area contributed by atoms with Gasteiger partial charge < -0.3 is 14.8 Å². The van der Waals surface area contributed by atoms with Gasteiger partial charge in [0.05, 0.1) is 25.3 Å². The van der Waals surface area contributed by atoms with Crippen molar-refractivity contribution < 1.29 is 9.47 Å². The van der Waals surface area contributed by atoms with Gasteiger partial charge in [0.2, 0.25) is 0 Å². The smallest absolute Gasteiger partial charge is 0.179 e. The highest BCUT2D eigenvalue weighted by Gasteiger charge is 2.24. The third-order valence-electron chi connectivity index (χ3n) is 3.60. The van der Waals surface area contributed by atoms with E-state index in [0.29, 0.717) is 16.5 Å². The lowest BCUT2D eigenvalue weighted by molar-refractivity contribution is 0.203. The first-order chi connectivity index (χ1) is 9.72. The molecule has 0 bridgehead atoms. The number of nitrogens with zero attached hydrogens (tertiary/aromatic N) is 1. The van der Waals surface area contributed by atoms with Crippen molar-refractivity contribution in [2.45, 2.75) is 6.04 Å². The first kappa shape index (κ1) is 21.4. The molecule has 0 amide bonds. The van der Waals surface area contributed by atoms with Crippen LogP contribution >= 0.6 is 36.4 Å². The number of hydrogen-bond donors (Lipinski definition) is 1. The molecule has 1 aliphatic rings. The maximum atomic E-state index is 6.49. The fourth-order valence-corrected chi connectivity index (χ4v) is 2.91. The van der Waals surface area contributed by atoms with Gasteiger partial charge in [0.25, 0.3) is 0 Å². The van der Waals surface area contributed by atoms with Crippen LogP contribution in [0.1, 0.15) is 11.6 Å². The molecule has 1 heterocycles. The van der Waals surface area contributed by atoms with Crippen molar-refractivity contribution in [1.29, 1.82) is 0 Å². The van der Waals surface area contributed by atoms with Crippen molar-refractivity contribution in [2.75, 3.05) is 40.4 Å². The van der Waals surface area contributed by atoms with Gasteiger partial charge in [-0.15, -0.1) is 31.4 Å². The van der Waals surface area contributed by atoms with E-state index in [1.54, 1.807) is 14.2 Å². The first-order valence-electron chi connectivity index (χ1n) is 6.70. The van der Waals surface area contributed by atoms with Gasteiger partial charge in [-0.05, 0) is 11.6 Å². The molecule has 4 nitrogen and oxygen atoms in total. The van der Waals surface area contributed by atoms with Crippen LogP contribution in [-0.2, 0) is 0 Å². The largest absolute Gasteiger partial charge is 0.493 e. The third-order valence-corrected chi connectivity index (χ3v) is 3.99. The molecule has 1 N–H and O–H groups in total. The Morgan fingerprint density at radius 1 is 1.23 bits per heavy atom. The van der Waals surface area contributed by atoms with Crippen molar-refractivity contribution in [3.63, 3.8) is 0 Å². The van der Waals surface area contributed by atoms with Crippen LogP contribution in [0.4, 0.5) is 0 Å². The number of ether oxygens (including phenoxy) is 2. The Morgan fingerprint density at radius 2 is 1.86 bits per heavy atom. The summed E-state index contributed by atoms with van der Waals surface area (Å²) < 4.78 is 10.6. The van der Waals surface area contributed by atoms with Gasteiger partial charge in [-0.3, -0.25) is 4.90 Å². The maximum absolute atomic E-state index is 6.49. The molecule has 0 unspecified atom stereocenters. The average Bonchev–Trinajstić information content (AvgIpc) is 2.50. The van der Waals surface area contributed by atoms with Crippen molar-refractivity contribution in [3.8, 4) is 11.5 Å². The SMILES string of the molecule is C=C[C@@H](c1ccc(OC)c(OC)c1Cl)N1CCNCC1.Cl.Cl. The minimum atomic E-state index is 0. The standard InChI is InChI=1S/C15H21ClN2O2.2ClH/c1-4-12(18-9-7-17-8-10-18)11-5-6-13(19-2)15(20-3)14(11)16;;/h4-6,12,17H,1,7-10H2,2-3H3;2*1H/t12-;;/m0../s1. The van der Waals surface area contributed by atoms with Crippen LogP contribution in [0.3, 0.4) is 0 Å². The van der Waals surface area contributed by atoms with E-state index in [1.807, 2.05) is 18.2 Å². The number of benzene rings is 1. The van der Waals surface area contributed by atoms with Crippen molar-refractivity contribution in [2.24, 2.45) is 0 Å². The molecule has 2 rings (SSSR count). The topological polar surface area (TPSA) is 33.7 Å². The molecule has 0 spiro atoms. The summed E-state index contributed by atoms with van der Waals surface area (Å²) in [6, 6.07) is 3.96. The van der Waals surface area contributed by atoms with Gasteiger partial charge in [0.15, 0.2) is 11.5 Å². The Kier molecular flexibility index (Phi) is 9.89. The quantitative estimate of drug-likeness (QED) is 0.807. The van der Waals surface area contributed by atoms with E-state index < -0.39 is 0 Å². The van der Waals surface area contributed by atoms with Crippen molar-refractivity contribution in [3.05, 3.63) is 35.4 Å². The molecule has 1 saturated heterocycles. The summed E-state index contributed by atoms with van der Waals surface area (Å²) in [5, 5.41) is 3.94. The minimum absolute atomic E-state index is 0. The van der Waals surface area contributed by atoms with E-state index in [0.717, 1.165) is 31.7 Å². The number of nitrogens with one attached hydrogen (secondary N) is 1. The second-order valence-electron chi connectivity index (χ2n) is 4.67. The molecule has 22 heavy (non-hydrogen) atoms. The summed E-state index contributed by atoms with van der Waals surface area (Å²) in [7, 11) is 3.20. The summed E-state index contributed by atoms with van der Waals surface area (Å²) in [5.74, 6) is 1.22. The van der Waals surface area contributed by atoms with Crippen LogP contribution in [0.25, 0.3) is 0 Å². The number of halogens is 3. The van der Waals surface area contributed by atoms with E-state index in [-0.39, 0.29) is 30.9 Å². The molecule has 1 aromatic carbocycles. The second-order valence-corrected chi connectivity index (χ2v) is 5.05. The Hall–Kier alpha value is -0.650. The fraction of sp³-hybridized carbons (Fsp3) is 0.467. The Morgan fingerprint density at radius 3 is 2.36 bits per heavy atom. The molecule has 1 aliphatic heterocycles. The number of piperazine rings is 1. The molecule has 126 valence electrons. The van der Waals surface area contributed by atoms with Gasteiger partial charge in [0, 0.05) is 26.2 Å². The number of methoxy groups -OCH3 is 2. The molecule has 0 aromatic heterocycles. The van der Waals surface area contributed by atoms with Crippen LogP contribution < -0.4 is 14.8 Å². The van der Waals surface area contributed by atoms with Gasteiger partial charge >= 0.3 is 0 Å². The number of rotatable bonds is 5. The first-order valence-corrected chi connectivity index (χ1v) is 7.08. The Labute approximate surface area is 149 Å². The summed E-state index contributed by atoms with van der Waals surface area (Å²) in [5.41, 5.74) is 1.00. The predicted molar refractivity (Wildman–Crippen MR) is 96.4 cm³/mol. The fourth-order valence-electron chi connectivity index (χ4n) is 2.57. The lowest BCUT2D eigenvalue weighted by Crippen LogP contribution is -2.44. The van der Waals surface area contributed by atoms with E-state index in [2.05, 4.69) is 16.8 Å².